The molecule has 0 radical (unpaired) electrons. The number of hydrogen-bond acceptors (Lipinski definition) is 9. The second-order valence-electron chi connectivity index (χ2n) is 10.5. The summed E-state index contributed by atoms with van der Waals surface area (Å²) < 4.78 is 31.4. The van der Waals surface area contributed by atoms with Crippen LogP contribution in [0.15, 0.2) is 95.9 Å². The molecule has 4 aromatic carbocycles. The summed E-state index contributed by atoms with van der Waals surface area (Å²) in [4.78, 5) is 36.2. The summed E-state index contributed by atoms with van der Waals surface area (Å²) >= 11 is 0. The number of aromatic nitrogens is 8. The lowest BCUT2D eigenvalue weighted by Crippen LogP contribution is -2.04. The molecule has 3 aromatic heterocycles. The Balaban J connectivity index is 1.52. The van der Waals surface area contributed by atoms with Crippen molar-refractivity contribution in [3.63, 3.8) is 0 Å². The Morgan fingerprint density at radius 2 is 0.889 bits per heavy atom. The van der Waals surface area contributed by atoms with Gasteiger partial charge in [-0.2, -0.15) is 8.42 Å². The SMILES string of the molecule is O=S(=O)(O[SiH3])c1cccc2c3nc4nc(nc5[nH]c(nc6nc(nc([nH]3)c12)-c1ccccc1-6)c1ccccc51)-c1ccccc1-4. The Morgan fingerprint density at radius 1 is 0.489 bits per heavy atom. The lowest BCUT2D eigenvalue weighted by atomic mass is 10.1. The summed E-state index contributed by atoms with van der Waals surface area (Å²) in [5.74, 6) is 1.76. The predicted molar refractivity (Wildman–Crippen MR) is 174 cm³/mol. The fraction of sp³-hybridized carbons (Fsp3) is 0. The van der Waals surface area contributed by atoms with Gasteiger partial charge in [0, 0.05) is 43.8 Å². The van der Waals surface area contributed by atoms with Crippen molar-refractivity contribution in [1.29, 1.82) is 0 Å². The van der Waals surface area contributed by atoms with E-state index in [1.54, 1.807) is 12.1 Å². The van der Waals surface area contributed by atoms with Crippen LogP contribution >= 0.6 is 0 Å². The van der Waals surface area contributed by atoms with Crippen LogP contribution in [0, 0.1) is 0 Å². The summed E-state index contributed by atoms with van der Waals surface area (Å²) in [6.07, 6.45) is 0. The molecule has 0 saturated heterocycles. The molecule has 45 heavy (non-hydrogen) atoms. The van der Waals surface area contributed by atoms with Crippen LogP contribution in [-0.4, -0.2) is 58.8 Å². The van der Waals surface area contributed by atoms with E-state index in [0.717, 1.165) is 33.0 Å². The maximum absolute atomic E-state index is 13.1. The van der Waals surface area contributed by atoms with E-state index >= 15 is 0 Å². The van der Waals surface area contributed by atoms with Crippen LogP contribution in [0.25, 0.3) is 89.7 Å². The zero-order valence-corrected chi connectivity index (χ0v) is 26.3. The third kappa shape index (κ3) is 3.88. The number of fused-ring (bicyclic) bond motifs is 20. The van der Waals surface area contributed by atoms with Crippen molar-refractivity contribution in [3.05, 3.63) is 91.0 Å². The van der Waals surface area contributed by atoms with Crippen LogP contribution in [0.1, 0.15) is 0 Å². The fourth-order valence-electron chi connectivity index (χ4n) is 5.96. The third-order valence-electron chi connectivity index (χ3n) is 8.03. The topological polar surface area (TPSA) is 152 Å². The van der Waals surface area contributed by atoms with Gasteiger partial charge in [0.2, 0.25) is 0 Å². The third-order valence-corrected chi connectivity index (χ3v) is 10.7. The predicted octanol–water partition coefficient (Wildman–Crippen LogP) is 4.85. The molecule has 8 bridgehead atoms. The molecule has 0 saturated carbocycles. The number of aromatic amines is 2. The lowest BCUT2D eigenvalue weighted by Gasteiger charge is -2.03. The first-order valence-electron chi connectivity index (χ1n) is 14.0. The molecule has 0 unspecified atom stereocenters. The minimum Gasteiger partial charge on any atom is -0.324 e. The van der Waals surface area contributed by atoms with E-state index < -0.39 is 10.1 Å². The first kappa shape index (κ1) is 25.8. The fourth-order valence-corrected chi connectivity index (χ4v) is 7.38. The number of nitrogens with zero attached hydrogens (tertiary/aromatic N) is 6. The van der Waals surface area contributed by atoms with Crippen molar-refractivity contribution in [2.24, 2.45) is 0 Å². The van der Waals surface area contributed by atoms with Crippen LogP contribution in [0.5, 0.6) is 0 Å². The Kier molecular flexibility index (Phi) is 5.41. The highest BCUT2D eigenvalue weighted by Crippen LogP contribution is 2.37. The van der Waals surface area contributed by atoms with E-state index in [9.17, 15) is 8.42 Å². The monoisotopic (exact) mass is 624 g/mol. The van der Waals surface area contributed by atoms with Gasteiger partial charge in [0.25, 0.3) is 10.1 Å². The van der Waals surface area contributed by atoms with Crippen LogP contribution < -0.4 is 0 Å². The van der Waals surface area contributed by atoms with E-state index in [2.05, 4.69) is 9.97 Å². The Labute approximate surface area is 257 Å². The first-order valence-corrected chi connectivity index (χ1v) is 16.2. The van der Waals surface area contributed by atoms with E-state index in [1.165, 1.54) is 6.07 Å². The zero-order chi connectivity index (χ0) is 30.3. The number of rotatable bonds is 2. The molecule has 7 aromatic rings. The normalized spacial score (nSPS) is 12.4. The average molecular weight is 625 g/mol. The number of hydrogen-bond donors (Lipinski definition) is 2. The van der Waals surface area contributed by atoms with Gasteiger partial charge in [-0.15, -0.1) is 0 Å². The standard InChI is InChI=1S/C32H20N8O3SSi/c41-44(42,43-45)23-15-7-14-22-24(23)32-39-30-21-13-6-5-12-20(21)28(37-30)35-26-17-9-2-1-8-16(17)25(33-26)34-27-18-10-3-4-11-19(18)29(36-27)38-31(22)40-32/h1-15H,45H3,(H2,33,34,35,36,37,38,39,40). The highest BCUT2D eigenvalue weighted by atomic mass is 32.2. The van der Waals surface area contributed by atoms with E-state index in [0.29, 0.717) is 51.0 Å². The maximum Gasteiger partial charge on any atom is 0.287 e. The molecule has 2 aliphatic rings. The molecule has 9 rings (SSSR count). The minimum atomic E-state index is -4.05. The molecule has 2 aliphatic heterocycles. The van der Waals surface area contributed by atoms with Gasteiger partial charge in [-0.1, -0.05) is 84.9 Å². The molecule has 0 atom stereocenters. The second-order valence-corrected chi connectivity index (χ2v) is 13.2. The van der Waals surface area contributed by atoms with Gasteiger partial charge < -0.3 is 13.8 Å². The Hall–Kier alpha value is -5.63. The van der Waals surface area contributed by atoms with Crippen LogP contribution in [0.4, 0.5) is 0 Å². The highest BCUT2D eigenvalue weighted by molar-refractivity contribution is 7.87. The van der Waals surface area contributed by atoms with Crippen molar-refractivity contribution in [2.45, 2.75) is 4.90 Å². The smallest absolute Gasteiger partial charge is 0.287 e. The number of nitrogens with one attached hydrogen (secondary N) is 2. The van der Waals surface area contributed by atoms with Crippen molar-refractivity contribution < 1.29 is 12.3 Å². The Morgan fingerprint density at radius 3 is 1.38 bits per heavy atom. The molecule has 0 fully saturated rings. The van der Waals surface area contributed by atoms with Gasteiger partial charge in [-0.25, -0.2) is 29.9 Å². The van der Waals surface area contributed by atoms with E-state index in [-0.39, 0.29) is 21.0 Å². The van der Waals surface area contributed by atoms with Gasteiger partial charge in [0.1, 0.15) is 27.5 Å². The first-order chi connectivity index (χ1) is 22.0. The molecule has 0 aliphatic carbocycles. The molecule has 0 amide bonds. The average Bonchev–Trinajstić information content (AvgIpc) is 3.80. The molecule has 0 spiro atoms. The van der Waals surface area contributed by atoms with Crippen LogP contribution in [-0.2, 0) is 14.0 Å². The van der Waals surface area contributed by atoms with Gasteiger partial charge in [-0.3, -0.25) is 0 Å². The number of H-pyrrole nitrogens is 2. The van der Waals surface area contributed by atoms with Gasteiger partial charge in [-0.05, 0) is 6.07 Å². The van der Waals surface area contributed by atoms with Gasteiger partial charge in [0.15, 0.2) is 33.8 Å². The minimum absolute atomic E-state index is 0.00490. The molecular formula is C32H20N8O3SSi. The summed E-state index contributed by atoms with van der Waals surface area (Å²) in [6, 6.07) is 28.3. The largest absolute Gasteiger partial charge is 0.324 e. The van der Waals surface area contributed by atoms with Gasteiger partial charge >= 0.3 is 0 Å². The van der Waals surface area contributed by atoms with E-state index in [1.807, 2.05) is 72.8 Å². The molecule has 216 valence electrons. The molecule has 2 N–H and O–H groups in total. The highest BCUT2D eigenvalue weighted by Gasteiger charge is 2.24. The summed E-state index contributed by atoms with van der Waals surface area (Å²) in [5, 5.41) is 2.66. The van der Waals surface area contributed by atoms with E-state index in [4.69, 9.17) is 33.8 Å². The zero-order valence-electron chi connectivity index (χ0n) is 23.5. The van der Waals surface area contributed by atoms with Crippen molar-refractivity contribution >= 4 is 64.7 Å². The van der Waals surface area contributed by atoms with Crippen molar-refractivity contribution in [2.75, 3.05) is 0 Å². The van der Waals surface area contributed by atoms with Crippen LogP contribution in [0.2, 0.25) is 0 Å². The van der Waals surface area contributed by atoms with Crippen LogP contribution in [0.3, 0.4) is 0 Å². The lowest BCUT2D eigenvalue weighted by molar-refractivity contribution is 0.509. The van der Waals surface area contributed by atoms with Gasteiger partial charge in [0.05, 0.1) is 0 Å². The molecule has 11 nitrogen and oxygen atoms in total. The molecule has 5 heterocycles. The van der Waals surface area contributed by atoms with Crippen molar-refractivity contribution in [3.8, 4) is 45.6 Å². The maximum atomic E-state index is 13.1. The number of benzene rings is 4. The molecule has 13 heteroatoms. The summed E-state index contributed by atoms with van der Waals surface area (Å²) in [6.45, 7) is 0. The quantitative estimate of drug-likeness (QED) is 0.257. The summed E-state index contributed by atoms with van der Waals surface area (Å²) in [5.41, 5.74) is 5.04. The second kappa shape index (κ2) is 9.43. The molecular weight excluding hydrogens is 605 g/mol. The Bertz CT molecular complexity index is 2680. The van der Waals surface area contributed by atoms with Crippen molar-refractivity contribution in [1.82, 2.24) is 39.9 Å². The summed E-state index contributed by atoms with van der Waals surface area (Å²) in [7, 11) is -4.05.